The third-order valence-corrected chi connectivity index (χ3v) is 4.19. The van der Waals surface area contributed by atoms with Gasteiger partial charge in [-0.25, -0.2) is 0 Å². The Morgan fingerprint density at radius 2 is 1.96 bits per heavy atom. The lowest BCUT2D eigenvalue weighted by Gasteiger charge is -2.20. The van der Waals surface area contributed by atoms with E-state index in [9.17, 15) is 4.79 Å². The highest BCUT2D eigenvalue weighted by Gasteiger charge is 2.18. The zero-order valence-corrected chi connectivity index (χ0v) is 15.1. The minimum Gasteiger partial charge on any atom is -0.341 e. The van der Waals surface area contributed by atoms with Crippen LogP contribution in [-0.4, -0.2) is 33.9 Å². The number of amides is 1. The van der Waals surface area contributed by atoms with Crippen LogP contribution in [0.2, 0.25) is 0 Å². The van der Waals surface area contributed by atoms with E-state index >= 15 is 0 Å². The molecule has 1 aliphatic heterocycles. The SMILES string of the molecule is CCN(CC)c1nc(Nc2ccc3c(c2)NC(=O)C3)nc(C(C)C)n1. The van der Waals surface area contributed by atoms with E-state index in [0.717, 1.165) is 35.9 Å². The van der Waals surface area contributed by atoms with E-state index < -0.39 is 0 Å². The average Bonchev–Trinajstić information content (AvgIpc) is 2.95. The van der Waals surface area contributed by atoms with Gasteiger partial charge in [0, 0.05) is 30.4 Å². The van der Waals surface area contributed by atoms with Crippen molar-refractivity contribution in [2.24, 2.45) is 0 Å². The Bertz CT molecular complexity index is 785. The fourth-order valence-electron chi connectivity index (χ4n) is 2.76. The molecular formula is C18H24N6O. The van der Waals surface area contributed by atoms with E-state index in [2.05, 4.69) is 58.2 Å². The van der Waals surface area contributed by atoms with Crippen molar-refractivity contribution in [3.8, 4) is 0 Å². The van der Waals surface area contributed by atoms with E-state index in [1.165, 1.54) is 0 Å². The molecule has 0 saturated heterocycles. The minimum absolute atomic E-state index is 0.0261. The predicted molar refractivity (Wildman–Crippen MR) is 99.5 cm³/mol. The zero-order chi connectivity index (χ0) is 18.0. The van der Waals surface area contributed by atoms with Gasteiger partial charge in [0.25, 0.3) is 0 Å². The molecule has 1 aromatic carbocycles. The Morgan fingerprint density at radius 1 is 1.20 bits per heavy atom. The maximum absolute atomic E-state index is 11.5. The highest BCUT2D eigenvalue weighted by molar-refractivity contribution is 5.99. The van der Waals surface area contributed by atoms with Gasteiger partial charge in [0.2, 0.25) is 17.8 Å². The quantitative estimate of drug-likeness (QED) is 0.841. The van der Waals surface area contributed by atoms with Gasteiger partial charge in [-0.1, -0.05) is 19.9 Å². The normalized spacial score (nSPS) is 12.9. The van der Waals surface area contributed by atoms with Crippen LogP contribution in [0.1, 0.15) is 45.0 Å². The van der Waals surface area contributed by atoms with Gasteiger partial charge in [0.15, 0.2) is 0 Å². The van der Waals surface area contributed by atoms with Gasteiger partial charge in [-0.05, 0) is 31.5 Å². The number of benzene rings is 1. The summed E-state index contributed by atoms with van der Waals surface area (Å²) >= 11 is 0. The van der Waals surface area contributed by atoms with E-state index in [1.54, 1.807) is 0 Å². The molecule has 0 aliphatic carbocycles. The molecule has 0 unspecified atom stereocenters. The van der Waals surface area contributed by atoms with Crippen LogP contribution in [0.15, 0.2) is 18.2 Å². The Kier molecular flexibility index (Phi) is 4.83. The zero-order valence-electron chi connectivity index (χ0n) is 15.1. The third-order valence-electron chi connectivity index (χ3n) is 4.19. The summed E-state index contributed by atoms with van der Waals surface area (Å²) in [4.78, 5) is 27.3. The number of aromatic nitrogens is 3. The second kappa shape index (κ2) is 7.04. The van der Waals surface area contributed by atoms with Crippen molar-refractivity contribution in [1.29, 1.82) is 0 Å². The summed E-state index contributed by atoms with van der Waals surface area (Å²) < 4.78 is 0. The lowest BCUT2D eigenvalue weighted by molar-refractivity contribution is -0.115. The van der Waals surface area contributed by atoms with Crippen LogP contribution in [0, 0.1) is 0 Å². The molecule has 132 valence electrons. The smallest absolute Gasteiger partial charge is 0.232 e. The molecule has 2 heterocycles. The van der Waals surface area contributed by atoms with Crippen molar-refractivity contribution >= 4 is 29.2 Å². The van der Waals surface area contributed by atoms with Gasteiger partial charge in [-0.15, -0.1) is 0 Å². The first-order chi connectivity index (χ1) is 12.0. The number of carbonyl (C=O) groups excluding carboxylic acids is 1. The topological polar surface area (TPSA) is 83.0 Å². The summed E-state index contributed by atoms with van der Waals surface area (Å²) in [5.74, 6) is 2.19. The number of carbonyl (C=O) groups is 1. The van der Waals surface area contributed by atoms with E-state index in [0.29, 0.717) is 18.3 Å². The number of hydrogen-bond donors (Lipinski definition) is 2. The first kappa shape index (κ1) is 17.1. The molecule has 0 fully saturated rings. The van der Waals surface area contributed by atoms with Gasteiger partial charge in [0.1, 0.15) is 5.82 Å². The highest BCUT2D eigenvalue weighted by atomic mass is 16.1. The summed E-state index contributed by atoms with van der Waals surface area (Å²) in [6, 6.07) is 5.80. The molecule has 1 amide bonds. The third kappa shape index (κ3) is 3.70. The number of nitrogens with one attached hydrogen (secondary N) is 2. The Labute approximate surface area is 147 Å². The maximum atomic E-state index is 11.5. The van der Waals surface area contributed by atoms with Crippen LogP contribution in [-0.2, 0) is 11.2 Å². The van der Waals surface area contributed by atoms with Crippen molar-refractivity contribution in [3.05, 3.63) is 29.6 Å². The van der Waals surface area contributed by atoms with Crippen molar-refractivity contribution < 1.29 is 4.79 Å². The fraction of sp³-hybridized carbons (Fsp3) is 0.444. The van der Waals surface area contributed by atoms with Crippen molar-refractivity contribution in [3.63, 3.8) is 0 Å². The van der Waals surface area contributed by atoms with Gasteiger partial charge in [-0.2, -0.15) is 15.0 Å². The largest absolute Gasteiger partial charge is 0.341 e. The molecule has 0 spiro atoms. The number of nitrogens with zero attached hydrogens (tertiary/aromatic N) is 4. The van der Waals surface area contributed by atoms with Crippen LogP contribution in [0.4, 0.5) is 23.3 Å². The summed E-state index contributed by atoms with van der Waals surface area (Å²) in [5.41, 5.74) is 2.70. The molecule has 2 N–H and O–H groups in total. The van der Waals surface area contributed by atoms with Crippen molar-refractivity contribution in [2.75, 3.05) is 28.6 Å². The summed E-state index contributed by atoms with van der Waals surface area (Å²) in [5, 5.41) is 6.11. The molecule has 25 heavy (non-hydrogen) atoms. The second-order valence-electron chi connectivity index (χ2n) is 6.37. The molecular weight excluding hydrogens is 316 g/mol. The predicted octanol–water partition coefficient (Wildman–Crippen LogP) is 3.08. The molecule has 0 radical (unpaired) electrons. The highest BCUT2D eigenvalue weighted by Crippen LogP contribution is 2.28. The molecule has 7 nitrogen and oxygen atoms in total. The molecule has 7 heteroatoms. The molecule has 1 aromatic heterocycles. The van der Waals surface area contributed by atoms with Crippen molar-refractivity contribution in [2.45, 2.75) is 40.0 Å². The van der Waals surface area contributed by atoms with Gasteiger partial charge in [-0.3, -0.25) is 4.79 Å². The van der Waals surface area contributed by atoms with E-state index in [1.807, 2.05) is 18.2 Å². The number of anilines is 4. The van der Waals surface area contributed by atoms with Crippen LogP contribution >= 0.6 is 0 Å². The molecule has 0 bridgehead atoms. The number of hydrogen-bond acceptors (Lipinski definition) is 6. The average molecular weight is 340 g/mol. The van der Waals surface area contributed by atoms with Crippen LogP contribution in [0.25, 0.3) is 0 Å². The van der Waals surface area contributed by atoms with Crippen molar-refractivity contribution in [1.82, 2.24) is 15.0 Å². The summed E-state index contributed by atoms with van der Waals surface area (Å²) in [6.45, 7) is 9.97. The fourth-order valence-corrected chi connectivity index (χ4v) is 2.76. The first-order valence-electron chi connectivity index (χ1n) is 8.70. The van der Waals surface area contributed by atoms with Crippen LogP contribution in [0.3, 0.4) is 0 Å². The second-order valence-corrected chi connectivity index (χ2v) is 6.37. The molecule has 1 aliphatic rings. The maximum Gasteiger partial charge on any atom is 0.232 e. The lowest BCUT2D eigenvalue weighted by atomic mass is 10.1. The summed E-state index contributed by atoms with van der Waals surface area (Å²) in [6.07, 6.45) is 0.435. The lowest BCUT2D eigenvalue weighted by Crippen LogP contribution is -2.25. The van der Waals surface area contributed by atoms with E-state index in [-0.39, 0.29) is 11.8 Å². The van der Waals surface area contributed by atoms with Gasteiger partial charge >= 0.3 is 0 Å². The Hall–Kier alpha value is -2.70. The summed E-state index contributed by atoms with van der Waals surface area (Å²) in [7, 11) is 0. The minimum atomic E-state index is 0.0261. The van der Waals surface area contributed by atoms with Gasteiger partial charge < -0.3 is 15.5 Å². The van der Waals surface area contributed by atoms with Crippen LogP contribution in [0.5, 0.6) is 0 Å². The standard InChI is InChI=1S/C18H24N6O/c1-5-24(6-2)18-22-16(11(3)4)21-17(23-18)19-13-8-7-12-9-15(25)20-14(12)10-13/h7-8,10-11H,5-6,9H2,1-4H3,(H,20,25)(H,19,21,22,23). The van der Waals surface area contributed by atoms with Gasteiger partial charge in [0.05, 0.1) is 6.42 Å². The number of fused-ring (bicyclic) bond motifs is 1. The molecule has 0 saturated carbocycles. The first-order valence-corrected chi connectivity index (χ1v) is 8.70. The van der Waals surface area contributed by atoms with Crippen LogP contribution < -0.4 is 15.5 Å². The Balaban J connectivity index is 1.91. The molecule has 2 aromatic rings. The monoisotopic (exact) mass is 340 g/mol. The van der Waals surface area contributed by atoms with E-state index in [4.69, 9.17) is 0 Å². The molecule has 0 atom stereocenters. The Morgan fingerprint density at radius 3 is 2.64 bits per heavy atom. The molecule has 3 rings (SSSR count). The number of rotatable bonds is 6.